The molecular formula is C22H19N3O3. The van der Waals surface area contributed by atoms with E-state index < -0.39 is 5.76 Å². The zero-order valence-electron chi connectivity index (χ0n) is 15.6. The number of anilines is 1. The first kappa shape index (κ1) is 17.7. The van der Waals surface area contributed by atoms with Crippen LogP contribution in [0.3, 0.4) is 0 Å². The SMILES string of the molecule is Cc1ccc(Cn2c(=O)oc3ccc(C(=O)Nc4ccc(C)cn4)cc32)cc1. The summed E-state index contributed by atoms with van der Waals surface area (Å²) >= 11 is 0. The van der Waals surface area contributed by atoms with Gasteiger partial charge in [-0.2, -0.15) is 0 Å². The van der Waals surface area contributed by atoms with Crippen LogP contribution in [0.15, 0.2) is 70.0 Å². The molecule has 0 saturated carbocycles. The van der Waals surface area contributed by atoms with E-state index in [4.69, 9.17) is 4.42 Å². The highest BCUT2D eigenvalue weighted by atomic mass is 16.4. The van der Waals surface area contributed by atoms with Crippen molar-refractivity contribution in [2.45, 2.75) is 20.4 Å². The second-order valence-electron chi connectivity index (χ2n) is 6.80. The van der Waals surface area contributed by atoms with Crippen LogP contribution in [0.4, 0.5) is 5.82 Å². The lowest BCUT2D eigenvalue weighted by Crippen LogP contribution is -2.16. The van der Waals surface area contributed by atoms with Gasteiger partial charge in [-0.25, -0.2) is 9.78 Å². The van der Waals surface area contributed by atoms with Crippen molar-refractivity contribution in [2.75, 3.05) is 5.32 Å². The molecule has 2 aromatic carbocycles. The van der Waals surface area contributed by atoms with Crippen molar-refractivity contribution >= 4 is 22.8 Å². The molecule has 0 fully saturated rings. The Bertz CT molecular complexity index is 1200. The van der Waals surface area contributed by atoms with Gasteiger partial charge in [-0.1, -0.05) is 35.9 Å². The van der Waals surface area contributed by atoms with E-state index in [9.17, 15) is 9.59 Å². The summed E-state index contributed by atoms with van der Waals surface area (Å²) in [6.45, 7) is 4.31. The Kier molecular flexibility index (Phi) is 4.53. The normalized spacial score (nSPS) is 10.9. The lowest BCUT2D eigenvalue weighted by Gasteiger charge is -2.06. The summed E-state index contributed by atoms with van der Waals surface area (Å²) in [7, 11) is 0. The third kappa shape index (κ3) is 3.57. The average Bonchev–Trinajstić information content (AvgIpc) is 3.00. The number of carbonyl (C=O) groups excluding carboxylic acids is 1. The maximum atomic E-state index is 12.6. The topological polar surface area (TPSA) is 77.1 Å². The number of nitrogens with one attached hydrogen (secondary N) is 1. The molecule has 6 heteroatoms. The van der Waals surface area contributed by atoms with Crippen molar-refractivity contribution < 1.29 is 9.21 Å². The predicted molar refractivity (Wildman–Crippen MR) is 108 cm³/mol. The van der Waals surface area contributed by atoms with Gasteiger partial charge in [-0.15, -0.1) is 0 Å². The Morgan fingerprint density at radius 1 is 1.04 bits per heavy atom. The van der Waals surface area contributed by atoms with Crippen LogP contribution >= 0.6 is 0 Å². The molecule has 140 valence electrons. The second kappa shape index (κ2) is 7.15. The monoisotopic (exact) mass is 373 g/mol. The number of nitrogens with zero attached hydrogens (tertiary/aromatic N) is 2. The van der Waals surface area contributed by atoms with E-state index in [1.165, 1.54) is 4.57 Å². The molecule has 4 aromatic rings. The fraction of sp³-hybridized carbons (Fsp3) is 0.136. The highest BCUT2D eigenvalue weighted by Gasteiger charge is 2.14. The molecule has 0 radical (unpaired) electrons. The van der Waals surface area contributed by atoms with Gasteiger partial charge in [-0.05, 0) is 49.2 Å². The van der Waals surface area contributed by atoms with Gasteiger partial charge in [0, 0.05) is 11.8 Å². The van der Waals surface area contributed by atoms with E-state index in [1.807, 2.05) is 44.2 Å². The predicted octanol–water partition coefficient (Wildman–Crippen LogP) is 3.91. The van der Waals surface area contributed by atoms with Gasteiger partial charge in [0.2, 0.25) is 0 Å². The zero-order valence-corrected chi connectivity index (χ0v) is 15.6. The van der Waals surface area contributed by atoms with Crippen molar-refractivity contribution in [3.8, 4) is 0 Å². The summed E-state index contributed by atoms with van der Waals surface area (Å²) in [5, 5.41) is 2.76. The number of aromatic nitrogens is 2. The summed E-state index contributed by atoms with van der Waals surface area (Å²) in [6, 6.07) is 16.5. The number of hydrogen-bond acceptors (Lipinski definition) is 4. The molecular weight excluding hydrogens is 354 g/mol. The highest BCUT2D eigenvalue weighted by molar-refractivity contribution is 6.05. The number of hydrogen-bond donors (Lipinski definition) is 1. The molecule has 0 bridgehead atoms. The maximum Gasteiger partial charge on any atom is 0.420 e. The van der Waals surface area contributed by atoms with Crippen LogP contribution in [0, 0.1) is 13.8 Å². The van der Waals surface area contributed by atoms with E-state index in [2.05, 4.69) is 10.3 Å². The quantitative estimate of drug-likeness (QED) is 0.588. The Labute approximate surface area is 161 Å². The Morgan fingerprint density at radius 2 is 1.79 bits per heavy atom. The lowest BCUT2D eigenvalue weighted by atomic mass is 10.1. The van der Waals surface area contributed by atoms with E-state index in [1.54, 1.807) is 30.5 Å². The summed E-state index contributed by atoms with van der Waals surface area (Å²) in [6.07, 6.45) is 1.69. The summed E-state index contributed by atoms with van der Waals surface area (Å²) < 4.78 is 6.85. The molecule has 0 aliphatic heterocycles. The first-order chi connectivity index (χ1) is 13.5. The number of rotatable bonds is 4. The minimum atomic E-state index is -0.451. The first-order valence-corrected chi connectivity index (χ1v) is 8.92. The minimum Gasteiger partial charge on any atom is -0.408 e. The largest absolute Gasteiger partial charge is 0.420 e. The summed E-state index contributed by atoms with van der Waals surface area (Å²) in [5.74, 6) is -0.276. The fourth-order valence-corrected chi connectivity index (χ4v) is 2.96. The lowest BCUT2D eigenvalue weighted by molar-refractivity contribution is 0.102. The highest BCUT2D eigenvalue weighted by Crippen LogP contribution is 2.18. The van der Waals surface area contributed by atoms with E-state index in [0.29, 0.717) is 29.0 Å². The van der Waals surface area contributed by atoms with Gasteiger partial charge >= 0.3 is 5.76 Å². The van der Waals surface area contributed by atoms with Gasteiger partial charge in [-0.3, -0.25) is 9.36 Å². The molecule has 1 amide bonds. The van der Waals surface area contributed by atoms with Crippen molar-refractivity contribution in [1.82, 2.24) is 9.55 Å². The van der Waals surface area contributed by atoms with Crippen molar-refractivity contribution in [3.05, 3.63) is 93.6 Å². The van der Waals surface area contributed by atoms with Gasteiger partial charge < -0.3 is 9.73 Å². The number of carbonyl (C=O) groups is 1. The number of aryl methyl sites for hydroxylation is 2. The fourth-order valence-electron chi connectivity index (χ4n) is 2.96. The Balaban J connectivity index is 1.65. The molecule has 28 heavy (non-hydrogen) atoms. The Hall–Kier alpha value is -3.67. The van der Waals surface area contributed by atoms with Crippen molar-refractivity contribution in [2.24, 2.45) is 0 Å². The maximum absolute atomic E-state index is 12.6. The third-order valence-corrected chi connectivity index (χ3v) is 4.54. The molecule has 0 atom stereocenters. The summed E-state index contributed by atoms with van der Waals surface area (Å²) in [5.41, 5.74) is 4.59. The number of pyridine rings is 1. The number of amides is 1. The second-order valence-corrected chi connectivity index (χ2v) is 6.80. The standard InChI is InChI=1S/C22H19N3O3/c1-14-3-6-16(7-4-14)13-25-18-11-17(8-9-19(18)28-22(25)27)21(26)24-20-10-5-15(2)12-23-20/h3-12H,13H2,1-2H3,(H,23,24,26). The summed E-state index contributed by atoms with van der Waals surface area (Å²) in [4.78, 5) is 29.1. The average molecular weight is 373 g/mol. The zero-order chi connectivity index (χ0) is 19.7. The van der Waals surface area contributed by atoms with Gasteiger partial charge in [0.05, 0.1) is 12.1 Å². The smallest absolute Gasteiger partial charge is 0.408 e. The molecule has 0 aliphatic rings. The van der Waals surface area contributed by atoms with Crippen LogP contribution in [-0.2, 0) is 6.54 Å². The molecule has 2 aromatic heterocycles. The minimum absolute atomic E-state index is 0.297. The number of fused-ring (bicyclic) bond motifs is 1. The van der Waals surface area contributed by atoms with E-state index in [0.717, 1.165) is 16.7 Å². The van der Waals surface area contributed by atoms with Gasteiger partial charge in [0.25, 0.3) is 5.91 Å². The molecule has 0 saturated heterocycles. The Morgan fingerprint density at radius 3 is 2.50 bits per heavy atom. The van der Waals surface area contributed by atoms with E-state index >= 15 is 0 Å². The van der Waals surface area contributed by atoms with E-state index in [-0.39, 0.29) is 5.91 Å². The molecule has 6 nitrogen and oxygen atoms in total. The van der Waals surface area contributed by atoms with Crippen molar-refractivity contribution in [1.29, 1.82) is 0 Å². The van der Waals surface area contributed by atoms with Crippen LogP contribution in [0.25, 0.3) is 11.1 Å². The van der Waals surface area contributed by atoms with Crippen molar-refractivity contribution in [3.63, 3.8) is 0 Å². The molecule has 0 spiro atoms. The van der Waals surface area contributed by atoms with Gasteiger partial charge in [0.15, 0.2) is 5.58 Å². The van der Waals surface area contributed by atoms with Crippen LogP contribution in [-0.4, -0.2) is 15.5 Å². The molecule has 2 heterocycles. The first-order valence-electron chi connectivity index (χ1n) is 8.92. The van der Waals surface area contributed by atoms with Crippen LogP contribution in [0.1, 0.15) is 27.0 Å². The number of benzene rings is 2. The molecule has 0 aliphatic carbocycles. The van der Waals surface area contributed by atoms with Crippen LogP contribution < -0.4 is 11.1 Å². The van der Waals surface area contributed by atoms with Gasteiger partial charge in [0.1, 0.15) is 5.82 Å². The third-order valence-electron chi connectivity index (χ3n) is 4.54. The molecule has 1 N–H and O–H groups in total. The van der Waals surface area contributed by atoms with Crippen LogP contribution in [0.5, 0.6) is 0 Å². The van der Waals surface area contributed by atoms with Crippen LogP contribution in [0.2, 0.25) is 0 Å². The molecule has 0 unspecified atom stereocenters. The number of oxazole rings is 1. The molecule has 4 rings (SSSR count).